The van der Waals surface area contributed by atoms with E-state index < -0.39 is 5.41 Å². The zero-order chi connectivity index (χ0) is 37.8. The number of furan rings is 1. The van der Waals surface area contributed by atoms with Gasteiger partial charge in [-0.2, -0.15) is 0 Å². The number of hydrogen-bond acceptors (Lipinski definition) is 2. The average Bonchev–Trinajstić information content (AvgIpc) is 3.82. The summed E-state index contributed by atoms with van der Waals surface area (Å²) in [4.78, 5) is 2.38. The normalized spacial score (nSPS) is 12.7. The monoisotopic (exact) mass is 727 g/mol. The molecule has 0 unspecified atom stereocenters. The summed E-state index contributed by atoms with van der Waals surface area (Å²) in [5, 5.41) is 2.28. The van der Waals surface area contributed by atoms with E-state index >= 15 is 0 Å². The lowest BCUT2D eigenvalue weighted by Gasteiger charge is -2.35. The highest BCUT2D eigenvalue weighted by atomic mass is 16.3. The van der Waals surface area contributed by atoms with Gasteiger partial charge in [0.05, 0.1) is 5.41 Å². The molecule has 0 fully saturated rings. The van der Waals surface area contributed by atoms with Crippen LogP contribution in [0, 0.1) is 0 Å². The second kappa shape index (κ2) is 13.4. The molecule has 11 rings (SSSR count). The first kappa shape index (κ1) is 33.0. The van der Waals surface area contributed by atoms with Crippen molar-refractivity contribution in [1.82, 2.24) is 0 Å². The van der Waals surface area contributed by atoms with Crippen molar-refractivity contribution in [2.45, 2.75) is 5.41 Å². The zero-order valence-electron chi connectivity index (χ0n) is 31.2. The summed E-state index contributed by atoms with van der Waals surface area (Å²) in [7, 11) is 0. The van der Waals surface area contributed by atoms with E-state index in [2.05, 4.69) is 217 Å². The van der Waals surface area contributed by atoms with Gasteiger partial charge < -0.3 is 9.32 Å². The molecule has 0 N–H and O–H groups in total. The first-order valence-electron chi connectivity index (χ1n) is 19.6. The summed E-state index contributed by atoms with van der Waals surface area (Å²) < 4.78 is 6.41. The molecular weight excluding hydrogens is 691 g/mol. The zero-order valence-corrected chi connectivity index (χ0v) is 31.2. The van der Waals surface area contributed by atoms with Crippen LogP contribution >= 0.6 is 0 Å². The van der Waals surface area contributed by atoms with E-state index in [1.54, 1.807) is 0 Å². The van der Waals surface area contributed by atoms with Crippen LogP contribution in [0.5, 0.6) is 0 Å². The first-order chi connectivity index (χ1) is 28.3. The van der Waals surface area contributed by atoms with Crippen LogP contribution < -0.4 is 4.90 Å². The molecule has 0 bridgehead atoms. The minimum absolute atomic E-state index is 0.478. The summed E-state index contributed by atoms with van der Waals surface area (Å²) in [6.07, 6.45) is 0. The fraction of sp³-hybridized carbons (Fsp3) is 0.0182. The highest BCUT2D eigenvalue weighted by molar-refractivity contribution is 6.09. The Hall–Kier alpha value is -7.42. The number of hydrogen-bond donors (Lipinski definition) is 0. The summed E-state index contributed by atoms with van der Waals surface area (Å²) in [5.74, 6) is 0. The van der Waals surface area contributed by atoms with Crippen LogP contribution in [-0.4, -0.2) is 0 Å². The molecule has 2 heteroatoms. The van der Waals surface area contributed by atoms with Crippen molar-refractivity contribution in [3.05, 3.63) is 247 Å². The quantitative estimate of drug-likeness (QED) is 0.163. The third-order valence-corrected chi connectivity index (χ3v) is 11.8. The standard InChI is InChI=1S/C55H37NO/c1-4-18-41(19-5-1)55(42-20-6-2-7-21-42)51-28-12-10-24-47(51)48-35-34-45(37-52(48)55)56(43-22-8-3-9-23-43)44-32-30-38(31-33-44)39-16-14-17-40(36-39)46-26-15-27-50-49-25-11-13-29-53(49)57-54(46)50/h1-37H. The van der Waals surface area contributed by atoms with Crippen molar-refractivity contribution in [2.24, 2.45) is 0 Å². The molecule has 0 saturated carbocycles. The van der Waals surface area contributed by atoms with Gasteiger partial charge in [-0.05, 0) is 98.6 Å². The van der Waals surface area contributed by atoms with E-state index in [9.17, 15) is 0 Å². The topological polar surface area (TPSA) is 16.4 Å². The third-order valence-electron chi connectivity index (χ3n) is 11.8. The van der Waals surface area contributed by atoms with Gasteiger partial charge in [-0.25, -0.2) is 0 Å². The Balaban J connectivity index is 1.03. The Kier molecular flexibility index (Phi) is 7.75. The molecule has 0 aliphatic heterocycles. The maximum atomic E-state index is 6.41. The number of rotatable bonds is 7. The van der Waals surface area contributed by atoms with E-state index in [-0.39, 0.29) is 0 Å². The lowest BCUT2D eigenvalue weighted by Crippen LogP contribution is -2.28. The second-order valence-corrected chi connectivity index (χ2v) is 14.8. The van der Waals surface area contributed by atoms with Gasteiger partial charge in [0.1, 0.15) is 11.2 Å². The molecule has 0 spiro atoms. The maximum Gasteiger partial charge on any atom is 0.143 e. The van der Waals surface area contributed by atoms with E-state index in [0.717, 1.165) is 61.3 Å². The fourth-order valence-corrected chi connectivity index (χ4v) is 9.24. The lowest BCUT2D eigenvalue weighted by atomic mass is 9.67. The molecule has 0 amide bonds. The van der Waals surface area contributed by atoms with Crippen LogP contribution in [0.4, 0.5) is 17.1 Å². The molecule has 1 aliphatic carbocycles. The van der Waals surface area contributed by atoms with E-state index in [1.165, 1.54) is 33.4 Å². The average molecular weight is 728 g/mol. The number of para-hydroxylation sites is 3. The predicted octanol–water partition coefficient (Wildman–Crippen LogP) is 14.8. The molecule has 9 aromatic carbocycles. The Labute approximate surface area is 332 Å². The highest BCUT2D eigenvalue weighted by Gasteiger charge is 2.46. The van der Waals surface area contributed by atoms with Gasteiger partial charge >= 0.3 is 0 Å². The largest absolute Gasteiger partial charge is 0.455 e. The first-order valence-corrected chi connectivity index (χ1v) is 19.6. The van der Waals surface area contributed by atoms with Crippen molar-refractivity contribution in [1.29, 1.82) is 0 Å². The van der Waals surface area contributed by atoms with E-state index in [0.29, 0.717) is 0 Å². The van der Waals surface area contributed by atoms with Gasteiger partial charge in [0, 0.05) is 33.4 Å². The molecule has 10 aromatic rings. The van der Waals surface area contributed by atoms with Gasteiger partial charge in [0.2, 0.25) is 0 Å². The number of fused-ring (bicyclic) bond motifs is 6. The highest BCUT2D eigenvalue weighted by Crippen LogP contribution is 2.57. The van der Waals surface area contributed by atoms with Gasteiger partial charge in [-0.1, -0.05) is 176 Å². The van der Waals surface area contributed by atoms with Crippen molar-refractivity contribution in [3.63, 3.8) is 0 Å². The van der Waals surface area contributed by atoms with Crippen molar-refractivity contribution < 1.29 is 4.42 Å². The summed E-state index contributed by atoms with van der Waals surface area (Å²) in [6, 6.07) is 81.2. The maximum absolute atomic E-state index is 6.41. The Morgan fingerprint density at radius 3 is 1.67 bits per heavy atom. The van der Waals surface area contributed by atoms with E-state index in [1.807, 2.05) is 12.1 Å². The Bertz CT molecular complexity index is 3020. The lowest BCUT2D eigenvalue weighted by molar-refractivity contribution is 0.670. The molecule has 0 atom stereocenters. The van der Waals surface area contributed by atoms with Crippen molar-refractivity contribution in [3.8, 4) is 33.4 Å². The molecule has 0 radical (unpaired) electrons. The summed E-state index contributed by atoms with van der Waals surface area (Å²) in [6.45, 7) is 0. The second-order valence-electron chi connectivity index (χ2n) is 14.8. The molecule has 1 heterocycles. The van der Waals surface area contributed by atoms with Crippen LogP contribution in [-0.2, 0) is 5.41 Å². The van der Waals surface area contributed by atoms with Gasteiger partial charge in [0.25, 0.3) is 0 Å². The molecule has 1 aromatic heterocycles. The molecule has 1 aliphatic rings. The summed E-state index contributed by atoms with van der Waals surface area (Å²) >= 11 is 0. The van der Waals surface area contributed by atoms with Crippen molar-refractivity contribution in [2.75, 3.05) is 4.90 Å². The molecule has 57 heavy (non-hydrogen) atoms. The third kappa shape index (κ3) is 5.26. The minimum atomic E-state index is -0.478. The van der Waals surface area contributed by atoms with Crippen LogP contribution in [0.3, 0.4) is 0 Å². The van der Waals surface area contributed by atoms with Gasteiger partial charge in [0.15, 0.2) is 0 Å². The molecular formula is C55H37NO. The molecule has 268 valence electrons. The fourth-order valence-electron chi connectivity index (χ4n) is 9.24. The Morgan fingerprint density at radius 1 is 0.333 bits per heavy atom. The van der Waals surface area contributed by atoms with Crippen LogP contribution in [0.1, 0.15) is 22.3 Å². The number of anilines is 3. The van der Waals surface area contributed by atoms with Crippen LogP contribution in [0.25, 0.3) is 55.3 Å². The van der Waals surface area contributed by atoms with Gasteiger partial charge in [-0.15, -0.1) is 0 Å². The van der Waals surface area contributed by atoms with E-state index in [4.69, 9.17) is 4.42 Å². The predicted molar refractivity (Wildman–Crippen MR) is 237 cm³/mol. The van der Waals surface area contributed by atoms with Crippen LogP contribution in [0.15, 0.2) is 229 Å². The SMILES string of the molecule is c1ccc(N(c2ccc(-c3cccc(-c4cccc5c4oc4ccccc45)c3)cc2)c2ccc3c(c2)C(c2ccccc2)(c2ccccc2)c2ccccc2-3)cc1. The number of nitrogens with zero attached hydrogens (tertiary/aromatic N) is 1. The Morgan fingerprint density at radius 2 is 0.895 bits per heavy atom. The van der Waals surface area contributed by atoms with Crippen LogP contribution in [0.2, 0.25) is 0 Å². The molecule has 0 saturated heterocycles. The van der Waals surface area contributed by atoms with Crippen molar-refractivity contribution >= 4 is 39.0 Å². The van der Waals surface area contributed by atoms with Gasteiger partial charge in [-0.3, -0.25) is 0 Å². The smallest absolute Gasteiger partial charge is 0.143 e. The molecule has 2 nitrogen and oxygen atoms in total. The summed E-state index contributed by atoms with van der Waals surface area (Å²) in [5.41, 5.74) is 16.9. The minimum Gasteiger partial charge on any atom is -0.455 e. The number of benzene rings is 9.